The zero-order valence-electron chi connectivity index (χ0n) is 10.7. The van der Waals surface area contributed by atoms with Gasteiger partial charge in [-0.05, 0) is 40.4 Å². The molecule has 3 nitrogen and oxygen atoms in total. The van der Waals surface area contributed by atoms with Gasteiger partial charge in [0.05, 0.1) is 18.0 Å². The first-order valence-corrected chi connectivity index (χ1v) is 6.70. The van der Waals surface area contributed by atoms with Crippen molar-refractivity contribution in [3.05, 3.63) is 38.6 Å². The quantitative estimate of drug-likeness (QED) is 0.943. The lowest BCUT2D eigenvalue weighted by atomic mass is 10.1. The second-order valence-electron chi connectivity index (χ2n) is 4.76. The molecule has 0 bridgehead atoms. The van der Waals surface area contributed by atoms with Crippen molar-refractivity contribution in [2.24, 2.45) is 5.92 Å². The molecule has 0 unspecified atom stereocenters. The van der Waals surface area contributed by atoms with Gasteiger partial charge in [0.25, 0.3) is 0 Å². The van der Waals surface area contributed by atoms with Crippen molar-refractivity contribution in [3.63, 3.8) is 0 Å². The van der Waals surface area contributed by atoms with E-state index < -0.39 is 0 Å². The molecule has 0 fully saturated rings. The van der Waals surface area contributed by atoms with Crippen LogP contribution in [0.1, 0.15) is 19.5 Å². The summed E-state index contributed by atoms with van der Waals surface area (Å²) in [5.74, 6) is 1.10. The summed E-state index contributed by atoms with van der Waals surface area (Å²) in [7, 11) is 1.57. The molecule has 1 N–H and O–H groups in total. The van der Waals surface area contributed by atoms with Crippen molar-refractivity contribution in [1.29, 1.82) is 0 Å². The van der Waals surface area contributed by atoms with Crippen LogP contribution in [0.25, 0.3) is 10.9 Å². The molecule has 0 atom stereocenters. The normalized spacial score (nSPS) is 11.2. The van der Waals surface area contributed by atoms with Crippen LogP contribution < -0.4 is 10.2 Å². The SMILES string of the molecule is COc1ccc(Br)c2[nH]c(CC(C)C)cc(=O)c12. The van der Waals surface area contributed by atoms with E-state index in [1.54, 1.807) is 19.2 Å². The molecule has 1 aromatic carbocycles. The molecule has 18 heavy (non-hydrogen) atoms. The summed E-state index contributed by atoms with van der Waals surface area (Å²) >= 11 is 3.47. The number of H-pyrrole nitrogens is 1. The molecule has 0 aliphatic carbocycles. The highest BCUT2D eigenvalue weighted by atomic mass is 79.9. The maximum atomic E-state index is 12.2. The summed E-state index contributed by atoms with van der Waals surface area (Å²) in [4.78, 5) is 15.5. The molecule has 0 saturated heterocycles. The molecular formula is C14H16BrNO2. The van der Waals surface area contributed by atoms with Gasteiger partial charge >= 0.3 is 0 Å². The number of benzene rings is 1. The molecule has 0 saturated carbocycles. The Morgan fingerprint density at radius 1 is 1.39 bits per heavy atom. The highest BCUT2D eigenvalue weighted by Crippen LogP contribution is 2.28. The van der Waals surface area contributed by atoms with Gasteiger partial charge in [0.1, 0.15) is 5.75 Å². The molecule has 1 aromatic heterocycles. The molecule has 0 amide bonds. The highest BCUT2D eigenvalue weighted by molar-refractivity contribution is 9.10. The summed E-state index contributed by atoms with van der Waals surface area (Å²) in [6.45, 7) is 4.26. The molecule has 1 heterocycles. The summed E-state index contributed by atoms with van der Waals surface area (Å²) in [6, 6.07) is 5.34. The molecule has 0 aliphatic rings. The van der Waals surface area contributed by atoms with Gasteiger partial charge < -0.3 is 9.72 Å². The van der Waals surface area contributed by atoms with Gasteiger partial charge in [-0.2, -0.15) is 0 Å². The van der Waals surface area contributed by atoms with E-state index in [9.17, 15) is 4.79 Å². The van der Waals surface area contributed by atoms with Crippen LogP contribution in [-0.2, 0) is 6.42 Å². The van der Waals surface area contributed by atoms with E-state index >= 15 is 0 Å². The number of pyridine rings is 1. The second-order valence-corrected chi connectivity index (χ2v) is 5.61. The van der Waals surface area contributed by atoms with Crippen LogP contribution in [0.3, 0.4) is 0 Å². The fraction of sp³-hybridized carbons (Fsp3) is 0.357. The number of aromatic nitrogens is 1. The molecule has 96 valence electrons. The third-order valence-corrected chi connectivity index (χ3v) is 3.46. The summed E-state index contributed by atoms with van der Waals surface area (Å²) in [6.07, 6.45) is 0.856. The van der Waals surface area contributed by atoms with E-state index in [4.69, 9.17) is 4.74 Å². The Bertz CT molecular complexity index is 631. The molecule has 2 aromatic rings. The van der Waals surface area contributed by atoms with Crippen molar-refractivity contribution >= 4 is 26.8 Å². The number of rotatable bonds is 3. The molecule has 2 rings (SSSR count). The van der Waals surface area contributed by atoms with Crippen LogP contribution >= 0.6 is 15.9 Å². The van der Waals surface area contributed by atoms with E-state index in [-0.39, 0.29) is 5.43 Å². The van der Waals surface area contributed by atoms with Crippen LogP contribution in [0, 0.1) is 5.92 Å². The minimum atomic E-state index is -0.00227. The molecular weight excluding hydrogens is 294 g/mol. The zero-order chi connectivity index (χ0) is 13.3. The lowest BCUT2D eigenvalue weighted by Gasteiger charge is -2.10. The smallest absolute Gasteiger partial charge is 0.193 e. The first-order valence-electron chi connectivity index (χ1n) is 5.91. The fourth-order valence-electron chi connectivity index (χ4n) is 2.07. The minimum absolute atomic E-state index is 0.00227. The standard InChI is InChI=1S/C14H16BrNO2/c1-8(2)6-9-7-11(17)13-12(18-3)5-4-10(15)14(13)16-9/h4-5,7-8H,6H2,1-3H3,(H,16,17). The van der Waals surface area contributed by atoms with Gasteiger partial charge in [-0.3, -0.25) is 4.79 Å². The fourth-order valence-corrected chi connectivity index (χ4v) is 2.50. The highest BCUT2D eigenvalue weighted by Gasteiger charge is 2.11. The van der Waals surface area contributed by atoms with Crippen LogP contribution in [0.5, 0.6) is 5.75 Å². The van der Waals surface area contributed by atoms with Gasteiger partial charge in [-0.1, -0.05) is 13.8 Å². The lowest BCUT2D eigenvalue weighted by molar-refractivity contribution is 0.419. The van der Waals surface area contributed by atoms with Gasteiger partial charge in [0.15, 0.2) is 5.43 Å². The summed E-state index contributed by atoms with van der Waals surface area (Å²) in [5, 5.41) is 0.597. The molecule has 4 heteroatoms. The summed E-state index contributed by atoms with van der Waals surface area (Å²) < 4.78 is 6.12. The Morgan fingerprint density at radius 3 is 2.72 bits per heavy atom. The number of halogens is 1. The third-order valence-electron chi connectivity index (χ3n) is 2.80. The Hall–Kier alpha value is -1.29. The van der Waals surface area contributed by atoms with Crippen molar-refractivity contribution in [3.8, 4) is 5.75 Å². The van der Waals surface area contributed by atoms with E-state index in [0.29, 0.717) is 17.1 Å². The number of hydrogen-bond donors (Lipinski definition) is 1. The maximum Gasteiger partial charge on any atom is 0.193 e. The number of methoxy groups -OCH3 is 1. The van der Waals surface area contributed by atoms with Crippen LogP contribution in [0.2, 0.25) is 0 Å². The summed E-state index contributed by atoms with van der Waals surface area (Å²) in [5.41, 5.74) is 1.76. The Balaban J connectivity index is 2.73. The lowest BCUT2D eigenvalue weighted by Crippen LogP contribution is -2.08. The average molecular weight is 310 g/mol. The largest absolute Gasteiger partial charge is 0.496 e. The predicted octanol–water partition coefficient (Wildman–Crippen LogP) is 3.50. The minimum Gasteiger partial charge on any atom is -0.496 e. The van der Waals surface area contributed by atoms with Crippen molar-refractivity contribution < 1.29 is 4.74 Å². The third kappa shape index (κ3) is 2.43. The Morgan fingerprint density at radius 2 is 2.11 bits per heavy atom. The number of aromatic amines is 1. The van der Waals surface area contributed by atoms with E-state index in [0.717, 1.165) is 22.1 Å². The first kappa shape index (κ1) is 13.1. The Kier molecular flexibility index (Phi) is 3.76. The number of nitrogens with one attached hydrogen (secondary N) is 1. The number of hydrogen-bond acceptors (Lipinski definition) is 2. The topological polar surface area (TPSA) is 42.1 Å². The van der Waals surface area contributed by atoms with Gasteiger partial charge in [0.2, 0.25) is 0 Å². The molecule has 0 aliphatic heterocycles. The van der Waals surface area contributed by atoms with Crippen LogP contribution in [-0.4, -0.2) is 12.1 Å². The molecule has 0 spiro atoms. The van der Waals surface area contributed by atoms with Gasteiger partial charge in [-0.15, -0.1) is 0 Å². The zero-order valence-corrected chi connectivity index (χ0v) is 12.3. The van der Waals surface area contributed by atoms with E-state index in [1.807, 2.05) is 6.07 Å². The van der Waals surface area contributed by atoms with E-state index in [1.165, 1.54) is 0 Å². The predicted molar refractivity (Wildman–Crippen MR) is 77.4 cm³/mol. The number of fused-ring (bicyclic) bond motifs is 1. The first-order chi connectivity index (χ1) is 8.52. The van der Waals surface area contributed by atoms with Crippen LogP contribution in [0.15, 0.2) is 27.5 Å². The second kappa shape index (κ2) is 5.14. The van der Waals surface area contributed by atoms with Gasteiger partial charge in [-0.25, -0.2) is 0 Å². The molecule has 0 radical (unpaired) electrons. The van der Waals surface area contributed by atoms with Crippen molar-refractivity contribution in [2.45, 2.75) is 20.3 Å². The maximum absolute atomic E-state index is 12.2. The average Bonchev–Trinajstić information content (AvgIpc) is 2.29. The van der Waals surface area contributed by atoms with Gasteiger partial charge in [0, 0.05) is 16.2 Å². The number of ether oxygens (including phenoxy) is 1. The monoisotopic (exact) mass is 309 g/mol. The van der Waals surface area contributed by atoms with Crippen LogP contribution in [0.4, 0.5) is 0 Å². The van der Waals surface area contributed by atoms with Crippen molar-refractivity contribution in [2.75, 3.05) is 7.11 Å². The Labute approximate surface area is 114 Å². The van der Waals surface area contributed by atoms with E-state index in [2.05, 4.69) is 34.8 Å². The van der Waals surface area contributed by atoms with Crippen molar-refractivity contribution in [1.82, 2.24) is 4.98 Å².